The number of likely N-dealkylation sites (N-methyl/N-ethyl adjacent to an activating group) is 1. The first-order valence-electron chi connectivity index (χ1n) is 8.59. The molecule has 0 radical (unpaired) electrons. The van der Waals surface area contributed by atoms with Crippen molar-refractivity contribution in [2.45, 2.75) is 13.5 Å². The molecule has 0 atom stereocenters. The molecule has 0 saturated carbocycles. The lowest BCUT2D eigenvalue weighted by Crippen LogP contribution is -2.33. The van der Waals surface area contributed by atoms with Crippen LogP contribution in [0, 0.1) is 11.3 Å². The minimum absolute atomic E-state index is 0.113. The molecule has 1 amide bonds. The molecule has 134 valence electrons. The highest BCUT2D eigenvalue weighted by Gasteiger charge is 2.15. The molecule has 6 heteroatoms. The molecule has 26 heavy (non-hydrogen) atoms. The summed E-state index contributed by atoms with van der Waals surface area (Å²) in [6.45, 7) is 4.53. The van der Waals surface area contributed by atoms with Gasteiger partial charge in [0.2, 0.25) is 5.91 Å². The van der Waals surface area contributed by atoms with E-state index in [4.69, 9.17) is 9.47 Å². The topological polar surface area (TPSA) is 74.6 Å². The van der Waals surface area contributed by atoms with Gasteiger partial charge in [-0.1, -0.05) is 25.1 Å². The Morgan fingerprint density at radius 2 is 1.96 bits per heavy atom. The number of nitriles is 1. The Kier molecular flexibility index (Phi) is 5.72. The summed E-state index contributed by atoms with van der Waals surface area (Å²) in [5, 5.41) is 12.1. The molecule has 0 unspecified atom stereocenters. The molecule has 0 fully saturated rings. The van der Waals surface area contributed by atoms with Crippen molar-refractivity contribution in [2.24, 2.45) is 0 Å². The van der Waals surface area contributed by atoms with Crippen LogP contribution < -0.4 is 14.8 Å². The van der Waals surface area contributed by atoms with Crippen LogP contribution in [0.1, 0.15) is 18.1 Å². The smallest absolute Gasteiger partial charge is 0.238 e. The van der Waals surface area contributed by atoms with E-state index in [-0.39, 0.29) is 12.5 Å². The first-order chi connectivity index (χ1) is 12.7. The van der Waals surface area contributed by atoms with Crippen LogP contribution in [0.2, 0.25) is 0 Å². The van der Waals surface area contributed by atoms with Crippen molar-refractivity contribution in [1.29, 1.82) is 5.26 Å². The summed E-state index contributed by atoms with van der Waals surface area (Å²) in [7, 11) is 0. The average Bonchev–Trinajstić information content (AvgIpc) is 2.67. The number of rotatable bonds is 6. The SMILES string of the molecule is CCN(CC(=O)Nc1ccc2c(c1)OCCO2)Cc1ccccc1C#N. The van der Waals surface area contributed by atoms with Crippen LogP contribution >= 0.6 is 0 Å². The van der Waals surface area contributed by atoms with Crippen molar-refractivity contribution >= 4 is 11.6 Å². The van der Waals surface area contributed by atoms with E-state index >= 15 is 0 Å². The van der Waals surface area contributed by atoms with E-state index in [9.17, 15) is 10.1 Å². The Morgan fingerprint density at radius 3 is 2.73 bits per heavy atom. The van der Waals surface area contributed by atoms with Gasteiger partial charge in [0.15, 0.2) is 11.5 Å². The number of ether oxygens (including phenoxy) is 2. The highest BCUT2D eigenvalue weighted by molar-refractivity contribution is 5.92. The van der Waals surface area contributed by atoms with Crippen molar-refractivity contribution in [3.8, 4) is 17.6 Å². The lowest BCUT2D eigenvalue weighted by molar-refractivity contribution is -0.117. The van der Waals surface area contributed by atoms with Gasteiger partial charge < -0.3 is 14.8 Å². The van der Waals surface area contributed by atoms with Gasteiger partial charge in [0, 0.05) is 18.3 Å². The Labute approximate surface area is 152 Å². The Bertz CT molecular complexity index is 829. The van der Waals surface area contributed by atoms with Gasteiger partial charge in [-0.3, -0.25) is 9.69 Å². The van der Waals surface area contributed by atoms with Gasteiger partial charge in [-0.05, 0) is 30.3 Å². The third-order valence-corrected chi connectivity index (χ3v) is 4.17. The zero-order valence-electron chi connectivity index (χ0n) is 14.7. The summed E-state index contributed by atoms with van der Waals surface area (Å²) in [5.41, 5.74) is 2.23. The second-order valence-corrected chi connectivity index (χ2v) is 5.98. The number of fused-ring (bicyclic) bond motifs is 1. The fourth-order valence-corrected chi connectivity index (χ4v) is 2.81. The number of anilines is 1. The lowest BCUT2D eigenvalue weighted by atomic mass is 10.1. The molecule has 0 aromatic heterocycles. The van der Waals surface area contributed by atoms with Crippen LogP contribution in [0.15, 0.2) is 42.5 Å². The van der Waals surface area contributed by atoms with E-state index in [2.05, 4.69) is 11.4 Å². The molecule has 1 heterocycles. The molecule has 0 bridgehead atoms. The summed E-state index contributed by atoms with van der Waals surface area (Å²) >= 11 is 0. The predicted molar refractivity (Wildman–Crippen MR) is 98.2 cm³/mol. The van der Waals surface area contributed by atoms with E-state index in [1.54, 1.807) is 24.3 Å². The van der Waals surface area contributed by atoms with E-state index in [0.717, 1.165) is 5.56 Å². The summed E-state index contributed by atoms with van der Waals surface area (Å²) in [6, 6.07) is 15.0. The molecule has 1 aliphatic heterocycles. The number of nitrogens with zero attached hydrogens (tertiary/aromatic N) is 2. The van der Waals surface area contributed by atoms with Crippen LogP contribution in [0.3, 0.4) is 0 Å². The van der Waals surface area contributed by atoms with Gasteiger partial charge in [0.25, 0.3) is 0 Å². The van der Waals surface area contributed by atoms with Gasteiger partial charge in [0.1, 0.15) is 13.2 Å². The predicted octanol–water partition coefficient (Wildman–Crippen LogP) is 2.79. The quantitative estimate of drug-likeness (QED) is 0.866. The second-order valence-electron chi connectivity index (χ2n) is 5.98. The molecule has 1 aliphatic rings. The van der Waals surface area contributed by atoms with Gasteiger partial charge in [-0.2, -0.15) is 5.26 Å². The molecule has 2 aromatic carbocycles. The van der Waals surface area contributed by atoms with Crippen molar-refractivity contribution in [1.82, 2.24) is 4.90 Å². The Hall–Kier alpha value is -3.04. The lowest BCUT2D eigenvalue weighted by Gasteiger charge is -2.21. The first-order valence-corrected chi connectivity index (χ1v) is 8.59. The third kappa shape index (κ3) is 4.32. The van der Waals surface area contributed by atoms with Crippen LogP contribution in [0.5, 0.6) is 11.5 Å². The number of nitrogens with one attached hydrogen (secondary N) is 1. The average molecular weight is 351 g/mol. The Morgan fingerprint density at radius 1 is 1.19 bits per heavy atom. The Balaban J connectivity index is 1.62. The van der Waals surface area contributed by atoms with Gasteiger partial charge in [-0.25, -0.2) is 0 Å². The normalized spacial score (nSPS) is 12.5. The third-order valence-electron chi connectivity index (χ3n) is 4.17. The van der Waals surface area contributed by atoms with Crippen LogP contribution in [0.25, 0.3) is 0 Å². The molecule has 0 spiro atoms. The fraction of sp³-hybridized carbons (Fsp3) is 0.300. The van der Waals surface area contributed by atoms with Crippen LogP contribution in [-0.4, -0.2) is 37.1 Å². The standard InChI is InChI=1S/C20H21N3O3/c1-2-23(13-16-6-4-3-5-15(16)12-21)14-20(24)22-17-7-8-18-19(11-17)26-10-9-25-18/h3-8,11H,2,9-10,13-14H2,1H3,(H,22,24). The van der Waals surface area contributed by atoms with Gasteiger partial charge in [0.05, 0.1) is 18.2 Å². The van der Waals surface area contributed by atoms with E-state index < -0.39 is 0 Å². The molecule has 0 aliphatic carbocycles. The molecule has 1 N–H and O–H groups in total. The highest BCUT2D eigenvalue weighted by atomic mass is 16.6. The zero-order valence-corrected chi connectivity index (χ0v) is 14.7. The first kappa shape index (κ1) is 17.8. The van der Waals surface area contributed by atoms with Crippen molar-refractivity contribution in [2.75, 3.05) is 31.6 Å². The molecular weight excluding hydrogens is 330 g/mol. The number of benzene rings is 2. The molecule has 6 nitrogen and oxygen atoms in total. The van der Waals surface area contributed by atoms with Crippen LogP contribution in [0.4, 0.5) is 5.69 Å². The molecular formula is C20H21N3O3. The van der Waals surface area contributed by atoms with E-state index in [1.807, 2.05) is 30.0 Å². The second kappa shape index (κ2) is 8.37. The number of hydrogen-bond donors (Lipinski definition) is 1. The summed E-state index contributed by atoms with van der Waals surface area (Å²) in [5.74, 6) is 1.22. The van der Waals surface area contributed by atoms with Crippen molar-refractivity contribution < 1.29 is 14.3 Å². The number of amides is 1. The maximum atomic E-state index is 12.4. The minimum atomic E-state index is -0.113. The summed E-state index contributed by atoms with van der Waals surface area (Å²) < 4.78 is 11.0. The number of carbonyl (C=O) groups is 1. The minimum Gasteiger partial charge on any atom is -0.486 e. The van der Waals surface area contributed by atoms with Crippen molar-refractivity contribution in [3.63, 3.8) is 0 Å². The monoisotopic (exact) mass is 351 g/mol. The van der Waals surface area contributed by atoms with E-state index in [1.165, 1.54) is 0 Å². The largest absolute Gasteiger partial charge is 0.486 e. The molecule has 0 saturated heterocycles. The molecule has 2 aromatic rings. The molecule has 3 rings (SSSR count). The fourth-order valence-electron chi connectivity index (χ4n) is 2.81. The maximum absolute atomic E-state index is 12.4. The highest BCUT2D eigenvalue weighted by Crippen LogP contribution is 2.32. The van der Waals surface area contributed by atoms with Gasteiger partial charge >= 0.3 is 0 Å². The summed E-state index contributed by atoms with van der Waals surface area (Å²) in [6.07, 6.45) is 0. The van der Waals surface area contributed by atoms with Crippen molar-refractivity contribution in [3.05, 3.63) is 53.6 Å². The van der Waals surface area contributed by atoms with E-state index in [0.29, 0.717) is 49.1 Å². The zero-order chi connectivity index (χ0) is 18.4. The number of hydrogen-bond acceptors (Lipinski definition) is 5. The maximum Gasteiger partial charge on any atom is 0.238 e. The summed E-state index contributed by atoms with van der Waals surface area (Å²) in [4.78, 5) is 14.4. The van der Waals surface area contributed by atoms with Crippen LogP contribution in [-0.2, 0) is 11.3 Å². The number of carbonyl (C=O) groups excluding carboxylic acids is 1. The van der Waals surface area contributed by atoms with Gasteiger partial charge in [-0.15, -0.1) is 0 Å².